The molecule has 0 bridgehead atoms. The number of hydrogen-bond acceptors (Lipinski definition) is 6. The normalized spacial score (nSPS) is 11.6. The maximum absolute atomic E-state index is 12.3. The van der Waals surface area contributed by atoms with E-state index in [4.69, 9.17) is 0 Å². The molecule has 9 heteroatoms. The van der Waals surface area contributed by atoms with Gasteiger partial charge in [0.2, 0.25) is 15.9 Å². The van der Waals surface area contributed by atoms with Gasteiger partial charge in [0, 0.05) is 6.20 Å². The minimum absolute atomic E-state index is 0.112. The number of nitrogens with zero attached hydrogens (tertiary/aromatic N) is 2. The zero-order valence-electron chi connectivity index (χ0n) is 13.4. The van der Waals surface area contributed by atoms with Gasteiger partial charge in [-0.05, 0) is 37.3 Å². The molecule has 2 aromatic heterocycles. The van der Waals surface area contributed by atoms with Crippen LogP contribution >= 0.6 is 11.3 Å². The van der Waals surface area contributed by atoms with Gasteiger partial charge >= 0.3 is 0 Å². The van der Waals surface area contributed by atoms with E-state index in [2.05, 4.69) is 20.0 Å². The number of amides is 1. The van der Waals surface area contributed by atoms with Crippen LogP contribution in [0, 0.1) is 6.92 Å². The molecule has 0 spiro atoms. The lowest BCUT2D eigenvalue weighted by Crippen LogP contribution is -2.36. The van der Waals surface area contributed by atoms with Gasteiger partial charge in [-0.2, -0.15) is 0 Å². The number of nitrogens with one attached hydrogen (secondary N) is 2. The summed E-state index contributed by atoms with van der Waals surface area (Å²) < 4.78 is 27.8. The van der Waals surface area contributed by atoms with Crippen molar-refractivity contribution in [2.45, 2.75) is 18.4 Å². The molecule has 130 valence electrons. The second-order valence-corrected chi connectivity index (χ2v) is 8.29. The summed E-state index contributed by atoms with van der Waals surface area (Å²) in [4.78, 5) is 20.3. The Morgan fingerprint density at radius 2 is 2.08 bits per heavy atom. The van der Waals surface area contributed by atoms with Gasteiger partial charge in [-0.1, -0.05) is 6.07 Å². The number of fused-ring (bicyclic) bond motifs is 1. The number of aryl methyl sites for hydroxylation is 1. The number of rotatable bonds is 6. The molecule has 2 heterocycles. The van der Waals surface area contributed by atoms with Gasteiger partial charge < -0.3 is 5.32 Å². The highest BCUT2D eigenvalue weighted by Crippen LogP contribution is 2.24. The van der Waals surface area contributed by atoms with Crippen molar-refractivity contribution in [3.63, 3.8) is 0 Å². The number of thiazole rings is 1. The van der Waals surface area contributed by atoms with Crippen molar-refractivity contribution in [1.29, 1.82) is 0 Å². The van der Waals surface area contributed by atoms with Gasteiger partial charge in [0.15, 0.2) is 0 Å². The topological polar surface area (TPSA) is 101 Å². The Balaban J connectivity index is 1.61. The summed E-state index contributed by atoms with van der Waals surface area (Å²) in [6, 6.07) is 10.1. The first-order valence-electron chi connectivity index (χ1n) is 7.47. The molecule has 1 aromatic carbocycles. The molecular formula is C16H16N4O3S2. The Labute approximate surface area is 149 Å². The SMILES string of the molecule is Cc1nc2ccc(S(=O)(=O)NCC(=O)NCc3ccccn3)cc2s1. The molecule has 2 N–H and O–H groups in total. The lowest BCUT2D eigenvalue weighted by molar-refractivity contribution is -0.120. The summed E-state index contributed by atoms with van der Waals surface area (Å²) in [6.45, 7) is 1.77. The average molecular weight is 376 g/mol. The number of carbonyl (C=O) groups is 1. The van der Waals surface area contributed by atoms with E-state index in [-0.39, 0.29) is 18.0 Å². The molecule has 1 amide bonds. The predicted molar refractivity (Wildman–Crippen MR) is 95.6 cm³/mol. The molecule has 0 unspecified atom stereocenters. The Kier molecular flexibility index (Phi) is 5.07. The van der Waals surface area contributed by atoms with Crippen LogP contribution in [0.5, 0.6) is 0 Å². The molecule has 25 heavy (non-hydrogen) atoms. The van der Waals surface area contributed by atoms with Crippen LogP contribution in [0.4, 0.5) is 0 Å². The number of benzene rings is 1. The number of sulfonamides is 1. The van der Waals surface area contributed by atoms with Gasteiger partial charge in [0.1, 0.15) is 0 Å². The zero-order valence-corrected chi connectivity index (χ0v) is 15.0. The van der Waals surface area contributed by atoms with Crippen LogP contribution in [0.2, 0.25) is 0 Å². The maximum atomic E-state index is 12.3. The maximum Gasteiger partial charge on any atom is 0.241 e. The van der Waals surface area contributed by atoms with E-state index < -0.39 is 15.9 Å². The fraction of sp³-hybridized carbons (Fsp3) is 0.188. The van der Waals surface area contributed by atoms with Crippen LogP contribution < -0.4 is 10.0 Å². The zero-order chi connectivity index (χ0) is 17.9. The monoisotopic (exact) mass is 376 g/mol. The fourth-order valence-corrected chi connectivity index (χ4v) is 4.13. The molecule has 3 rings (SSSR count). The summed E-state index contributed by atoms with van der Waals surface area (Å²) in [5.74, 6) is -0.427. The van der Waals surface area contributed by atoms with Gasteiger partial charge in [-0.15, -0.1) is 11.3 Å². The van der Waals surface area contributed by atoms with Crippen molar-refractivity contribution >= 4 is 37.5 Å². The van der Waals surface area contributed by atoms with Gasteiger partial charge in [-0.25, -0.2) is 18.1 Å². The summed E-state index contributed by atoms with van der Waals surface area (Å²) >= 11 is 1.42. The lowest BCUT2D eigenvalue weighted by Gasteiger charge is -2.08. The van der Waals surface area contributed by atoms with Crippen LogP contribution in [0.15, 0.2) is 47.5 Å². The summed E-state index contributed by atoms with van der Waals surface area (Å²) in [7, 11) is -3.77. The third kappa shape index (κ3) is 4.38. The smallest absolute Gasteiger partial charge is 0.241 e. The van der Waals surface area contributed by atoms with Crippen LogP contribution in [-0.4, -0.2) is 30.8 Å². The Morgan fingerprint density at radius 1 is 1.24 bits per heavy atom. The summed E-state index contributed by atoms with van der Waals surface area (Å²) in [5, 5.41) is 3.49. The standard InChI is InChI=1S/C16H16N4O3S2/c1-11-20-14-6-5-13(8-15(14)24-11)25(22,23)19-10-16(21)18-9-12-4-2-3-7-17-12/h2-8,19H,9-10H2,1H3,(H,18,21). The number of carbonyl (C=O) groups excluding carboxylic acids is 1. The molecule has 7 nitrogen and oxygen atoms in total. The molecule has 0 aliphatic carbocycles. The average Bonchev–Trinajstić information content (AvgIpc) is 2.98. The van der Waals surface area contributed by atoms with Crippen molar-refractivity contribution < 1.29 is 13.2 Å². The van der Waals surface area contributed by atoms with E-state index in [0.29, 0.717) is 5.69 Å². The molecular weight excluding hydrogens is 360 g/mol. The van der Waals surface area contributed by atoms with E-state index in [0.717, 1.165) is 15.2 Å². The van der Waals surface area contributed by atoms with Gasteiger partial charge in [-0.3, -0.25) is 9.78 Å². The third-order valence-electron chi connectivity index (χ3n) is 3.39. The Hall–Kier alpha value is -2.36. The number of hydrogen-bond donors (Lipinski definition) is 2. The first-order chi connectivity index (χ1) is 11.9. The second-order valence-electron chi connectivity index (χ2n) is 5.28. The van der Waals surface area contributed by atoms with E-state index >= 15 is 0 Å². The molecule has 0 atom stereocenters. The highest BCUT2D eigenvalue weighted by molar-refractivity contribution is 7.89. The largest absolute Gasteiger partial charge is 0.349 e. The molecule has 3 aromatic rings. The minimum Gasteiger partial charge on any atom is -0.349 e. The van der Waals surface area contributed by atoms with Gasteiger partial charge in [0.05, 0.1) is 38.9 Å². The molecule has 0 fully saturated rings. The molecule has 0 saturated carbocycles. The highest BCUT2D eigenvalue weighted by atomic mass is 32.2. The molecule has 0 saturated heterocycles. The van der Waals surface area contributed by atoms with E-state index in [1.54, 1.807) is 30.5 Å². The van der Waals surface area contributed by atoms with Crippen molar-refractivity contribution in [3.8, 4) is 0 Å². The van der Waals surface area contributed by atoms with Crippen LogP contribution in [0.25, 0.3) is 10.2 Å². The Bertz CT molecular complexity index is 1000. The van der Waals surface area contributed by atoms with Crippen LogP contribution in [0.1, 0.15) is 10.7 Å². The van der Waals surface area contributed by atoms with Crippen molar-refractivity contribution in [2.75, 3.05) is 6.54 Å². The van der Waals surface area contributed by atoms with Crippen LogP contribution in [-0.2, 0) is 21.4 Å². The van der Waals surface area contributed by atoms with E-state index in [1.807, 2.05) is 13.0 Å². The van der Waals surface area contributed by atoms with E-state index in [1.165, 1.54) is 17.4 Å². The molecule has 0 radical (unpaired) electrons. The number of pyridine rings is 1. The highest BCUT2D eigenvalue weighted by Gasteiger charge is 2.16. The fourth-order valence-electron chi connectivity index (χ4n) is 2.19. The van der Waals surface area contributed by atoms with Crippen molar-refractivity contribution in [2.24, 2.45) is 0 Å². The lowest BCUT2D eigenvalue weighted by atomic mass is 10.3. The van der Waals surface area contributed by atoms with E-state index in [9.17, 15) is 13.2 Å². The molecule has 0 aliphatic rings. The Morgan fingerprint density at radius 3 is 2.84 bits per heavy atom. The minimum atomic E-state index is -3.77. The van der Waals surface area contributed by atoms with Crippen molar-refractivity contribution in [1.82, 2.24) is 20.0 Å². The number of aromatic nitrogens is 2. The summed E-state index contributed by atoms with van der Waals surface area (Å²) in [5.41, 5.74) is 1.46. The predicted octanol–water partition coefficient (Wildman–Crippen LogP) is 1.59. The molecule has 0 aliphatic heterocycles. The first kappa shape index (κ1) is 17.5. The van der Waals surface area contributed by atoms with Gasteiger partial charge in [0.25, 0.3) is 0 Å². The summed E-state index contributed by atoms with van der Waals surface area (Å²) in [6.07, 6.45) is 1.63. The second kappa shape index (κ2) is 7.26. The van der Waals surface area contributed by atoms with Crippen molar-refractivity contribution in [3.05, 3.63) is 53.3 Å². The van der Waals surface area contributed by atoms with Crippen LogP contribution in [0.3, 0.4) is 0 Å². The third-order valence-corrected chi connectivity index (χ3v) is 5.73. The quantitative estimate of drug-likeness (QED) is 0.680. The first-order valence-corrected chi connectivity index (χ1v) is 9.77.